The largest absolute Gasteiger partial charge is 2.00 e. The van der Waals surface area contributed by atoms with Crippen molar-refractivity contribution in [3.8, 4) is 0 Å². The maximum atomic E-state index is 4.98. The second kappa shape index (κ2) is 17.4. The van der Waals surface area contributed by atoms with Crippen molar-refractivity contribution in [3.63, 3.8) is 0 Å². The van der Waals surface area contributed by atoms with Gasteiger partial charge in [0.2, 0.25) is 0 Å². The Balaban J connectivity index is -0.00000000800. The van der Waals surface area contributed by atoms with Crippen LogP contribution in [0.4, 0.5) is 0 Å². The summed E-state index contributed by atoms with van der Waals surface area (Å²) in [4.78, 5) is 0. The number of nitrogens with two attached hydrogens (primary N) is 4. The first kappa shape index (κ1) is 39.5. The quantitative estimate of drug-likeness (QED) is 0.451. The Hall–Kier alpha value is 2.32. The van der Waals surface area contributed by atoms with E-state index in [2.05, 4.69) is 0 Å². The van der Waals surface area contributed by atoms with Gasteiger partial charge in [-0.2, -0.15) is 0 Å². The Kier molecular flexibility index (Phi) is 68.8. The van der Waals surface area contributed by atoms with E-state index in [4.69, 9.17) is 38.1 Å². The Morgan fingerprint density at radius 3 is 0.600 bits per heavy atom. The van der Waals surface area contributed by atoms with Crippen LogP contribution in [-0.4, -0.2) is 0 Å². The smallest absolute Gasteiger partial charge is 0.693 e. The molecular formula is H8Cl4N4Pd2-4. The van der Waals surface area contributed by atoms with Crippen LogP contribution in [-0.2, 0) is 31.9 Å². The second-order valence-corrected chi connectivity index (χ2v) is 14.4. The predicted octanol–water partition coefficient (Wildman–Crippen LogP) is 5.62. The van der Waals surface area contributed by atoms with E-state index in [0.29, 0.717) is 0 Å². The Morgan fingerprint density at radius 2 is 0.600 bits per heavy atom. The molecule has 0 atom stereocenters. The van der Waals surface area contributed by atoms with Crippen LogP contribution < -0.4 is 0 Å². The molecule has 0 aromatic heterocycles. The summed E-state index contributed by atoms with van der Waals surface area (Å²) >= 11 is -2.81. The molecule has 0 saturated carbocycles. The molecule has 80 valence electrons. The summed E-state index contributed by atoms with van der Waals surface area (Å²) in [5.41, 5.74) is 0. The molecular weight excluding hydrogens is 411 g/mol. The molecule has 0 aliphatic carbocycles. The standard InChI is InChI=1S/4ClH.4H2N.2Pd/h4*1H;4*1H2;;/q;;;;4*-1;2*+2/p-4. The third kappa shape index (κ3) is 166. The van der Waals surface area contributed by atoms with Crippen molar-refractivity contribution >= 4 is 38.1 Å². The second-order valence-electron chi connectivity index (χ2n) is 0.271. The molecule has 8 N–H and O–H groups in total. The fraction of sp³-hybridized carbons (Fsp3) is 0. The van der Waals surface area contributed by atoms with E-state index in [1.165, 1.54) is 0 Å². The number of hydrogen-bond acceptors (Lipinski definition) is 0. The first-order valence-electron chi connectivity index (χ1n) is 0.478. The van der Waals surface area contributed by atoms with Crippen molar-refractivity contribution in [3.05, 3.63) is 24.6 Å². The first-order chi connectivity index (χ1) is 2.00. The van der Waals surface area contributed by atoms with Crippen LogP contribution in [0, 0.1) is 0 Å². The van der Waals surface area contributed by atoms with Crippen molar-refractivity contribution in [1.29, 1.82) is 0 Å². The monoisotopic (exact) mass is 416 g/mol. The van der Waals surface area contributed by atoms with Gasteiger partial charge in [-0.05, 0) is 0 Å². The van der Waals surface area contributed by atoms with Gasteiger partial charge in [-0.3, -0.25) is 0 Å². The topological polar surface area (TPSA) is 134 Å². The zero-order valence-electron chi connectivity index (χ0n) is 4.45. The van der Waals surface area contributed by atoms with Crippen LogP contribution in [0.1, 0.15) is 0 Å². The Morgan fingerprint density at radius 1 is 0.600 bits per heavy atom. The summed E-state index contributed by atoms with van der Waals surface area (Å²) < 4.78 is 0. The van der Waals surface area contributed by atoms with Crippen LogP contribution in [0.2, 0.25) is 0 Å². The summed E-state index contributed by atoms with van der Waals surface area (Å²) in [7, 11) is 19.9. The van der Waals surface area contributed by atoms with E-state index in [9.17, 15) is 0 Å². The molecule has 0 heterocycles. The normalized spacial score (nSPS) is 7.60. The number of rotatable bonds is 0. The van der Waals surface area contributed by atoms with Crippen molar-refractivity contribution in [2.45, 2.75) is 0 Å². The molecule has 4 nitrogen and oxygen atoms in total. The third-order valence-corrected chi connectivity index (χ3v) is 0. The third-order valence-electron chi connectivity index (χ3n) is 0. The molecule has 0 aliphatic heterocycles. The molecule has 10 heavy (non-hydrogen) atoms. The molecule has 0 radical (unpaired) electrons. The Labute approximate surface area is 93.6 Å². The summed E-state index contributed by atoms with van der Waals surface area (Å²) in [5.74, 6) is 0. The van der Waals surface area contributed by atoms with E-state index in [1.54, 1.807) is 0 Å². The van der Waals surface area contributed by atoms with Gasteiger partial charge < -0.3 is 24.6 Å². The molecule has 0 fully saturated rings. The summed E-state index contributed by atoms with van der Waals surface area (Å²) in [6.45, 7) is 0. The van der Waals surface area contributed by atoms with E-state index in [1.807, 2.05) is 0 Å². The molecule has 0 bridgehead atoms. The summed E-state index contributed by atoms with van der Waals surface area (Å²) in [6, 6.07) is 0. The van der Waals surface area contributed by atoms with Crippen LogP contribution >= 0.6 is 38.1 Å². The van der Waals surface area contributed by atoms with E-state index in [-0.39, 0.29) is 45.0 Å². The molecule has 0 rings (SSSR count). The van der Waals surface area contributed by atoms with Gasteiger partial charge in [-0.15, -0.1) is 0 Å². The van der Waals surface area contributed by atoms with Gasteiger partial charge in [0.15, 0.2) is 0 Å². The molecule has 0 unspecified atom stereocenters. The molecule has 0 aromatic rings. The van der Waals surface area contributed by atoms with Gasteiger partial charge in [-0.1, -0.05) is 0 Å². The molecule has 0 aromatic carbocycles. The van der Waals surface area contributed by atoms with Crippen LogP contribution in [0.15, 0.2) is 0 Å². The molecule has 0 spiro atoms. The van der Waals surface area contributed by atoms with E-state index < -0.39 is 11.5 Å². The summed E-state index contributed by atoms with van der Waals surface area (Å²) in [5, 5.41) is 0. The molecule has 0 saturated heterocycles. The number of hydrogen-bond donors (Lipinski definition) is 0. The zero-order valence-corrected chi connectivity index (χ0v) is 10.6. The minimum Gasteiger partial charge on any atom is -0.693 e. The van der Waals surface area contributed by atoms with Crippen molar-refractivity contribution in [1.82, 2.24) is 0 Å². The summed E-state index contributed by atoms with van der Waals surface area (Å²) in [6.07, 6.45) is 0. The Bertz CT molecular complexity index is 30.7. The minimum atomic E-state index is -2.81. The maximum absolute atomic E-state index is 4.98. The van der Waals surface area contributed by atoms with Gasteiger partial charge in [0.1, 0.15) is 0 Å². The van der Waals surface area contributed by atoms with E-state index >= 15 is 0 Å². The van der Waals surface area contributed by atoms with Crippen LogP contribution in [0.3, 0.4) is 0 Å². The fourth-order valence-electron chi connectivity index (χ4n) is 0. The zero-order chi connectivity index (χ0) is 4.50. The van der Waals surface area contributed by atoms with Gasteiger partial charge >= 0.3 is 70.0 Å². The van der Waals surface area contributed by atoms with Crippen molar-refractivity contribution in [2.75, 3.05) is 0 Å². The minimum absolute atomic E-state index is 0. The van der Waals surface area contributed by atoms with Gasteiger partial charge in [0.25, 0.3) is 0 Å². The average Bonchev–Trinajstić information content (AvgIpc) is 0.722. The van der Waals surface area contributed by atoms with Gasteiger partial charge in [-0.25, -0.2) is 0 Å². The fourth-order valence-corrected chi connectivity index (χ4v) is 0. The van der Waals surface area contributed by atoms with Crippen LogP contribution in [0.25, 0.3) is 24.6 Å². The molecule has 10 heteroatoms. The van der Waals surface area contributed by atoms with Gasteiger partial charge in [0, 0.05) is 0 Å². The first-order valence-corrected chi connectivity index (χ1v) is 8.49. The predicted molar refractivity (Wildman–Crippen MR) is 44.5 cm³/mol. The van der Waals surface area contributed by atoms with Gasteiger partial charge in [0.05, 0.1) is 0 Å². The van der Waals surface area contributed by atoms with Crippen LogP contribution in [0.5, 0.6) is 0 Å². The molecule has 0 aliphatic rings. The number of halogens is 4. The average molecular weight is 419 g/mol. The van der Waals surface area contributed by atoms with Crippen molar-refractivity contribution in [2.24, 2.45) is 0 Å². The van der Waals surface area contributed by atoms with E-state index in [0.717, 1.165) is 0 Å². The SMILES string of the molecule is [Cl][Pd-2]([Cl])([Cl])[Cl].[NH2-].[NH2-].[NH2-].[NH2-].[Pd+2]. The van der Waals surface area contributed by atoms with Crippen molar-refractivity contribution < 1.29 is 31.9 Å². The maximum Gasteiger partial charge on any atom is 2.00 e. The molecule has 0 amide bonds.